The first-order valence-corrected chi connectivity index (χ1v) is 14.0. The fourth-order valence-electron chi connectivity index (χ4n) is 5.82. The van der Waals surface area contributed by atoms with Crippen molar-refractivity contribution in [3.8, 4) is 5.75 Å². The number of dihydropyridines is 1. The molecular formula is C31H38FNO5. The van der Waals surface area contributed by atoms with Gasteiger partial charge in [0.1, 0.15) is 5.76 Å². The minimum absolute atomic E-state index is 0.0156. The first-order valence-electron chi connectivity index (χ1n) is 14.0. The Kier molecular flexibility index (Phi) is 9.18. The smallest absolute Gasteiger partial charge is 0.233 e. The summed E-state index contributed by atoms with van der Waals surface area (Å²) in [5.41, 5.74) is 1.68. The van der Waals surface area contributed by atoms with E-state index in [9.17, 15) is 23.9 Å². The molecule has 0 saturated heterocycles. The van der Waals surface area contributed by atoms with E-state index in [1.165, 1.54) is 51.3 Å². The molecule has 1 aromatic carbocycles. The molecule has 2 N–H and O–H groups in total. The van der Waals surface area contributed by atoms with Gasteiger partial charge in [0.2, 0.25) is 11.6 Å². The number of ether oxygens (including phenoxy) is 1. The van der Waals surface area contributed by atoms with Gasteiger partial charge >= 0.3 is 0 Å². The van der Waals surface area contributed by atoms with E-state index in [1.54, 1.807) is 6.07 Å². The lowest BCUT2D eigenvalue weighted by Crippen LogP contribution is -2.40. The second kappa shape index (κ2) is 12.5. The minimum atomic E-state index is -0.928. The molecule has 1 unspecified atom stereocenters. The number of nitrogens with one attached hydrogen (secondary N) is 1. The molecule has 0 amide bonds. The van der Waals surface area contributed by atoms with E-state index in [1.807, 2.05) is 0 Å². The normalized spacial score (nSPS) is 19.6. The van der Waals surface area contributed by atoms with Gasteiger partial charge in [-0.1, -0.05) is 64.4 Å². The third-order valence-electron chi connectivity index (χ3n) is 7.87. The van der Waals surface area contributed by atoms with E-state index in [-0.39, 0.29) is 34.1 Å². The first kappa shape index (κ1) is 27.8. The molecule has 1 heterocycles. The maximum Gasteiger partial charge on any atom is 0.233 e. The molecule has 4 rings (SSSR count). The number of rotatable bonds is 12. The van der Waals surface area contributed by atoms with Crippen LogP contribution in [-0.4, -0.2) is 29.6 Å². The number of halogens is 1. The standard InChI is InChI=1S/C31H38FNO5/c1-3-4-5-6-7-8-9-10-11-13-20-29(35)28-27(31(37)30(20)36)25(19-16-17-24(38-2)21(32)18-19)26-22(33-28)14-12-15-23(26)34/h16-18,25,33,35H,3-15H2,1-2H3. The van der Waals surface area contributed by atoms with E-state index >= 15 is 0 Å². The van der Waals surface area contributed by atoms with Crippen LogP contribution in [0.1, 0.15) is 102 Å². The third kappa shape index (κ3) is 5.62. The van der Waals surface area contributed by atoms with Crippen molar-refractivity contribution >= 4 is 17.3 Å². The lowest BCUT2D eigenvalue weighted by molar-refractivity contribution is -0.132. The lowest BCUT2D eigenvalue weighted by atomic mass is 9.71. The Morgan fingerprint density at radius 2 is 1.63 bits per heavy atom. The number of ketones is 3. The van der Waals surface area contributed by atoms with Crippen molar-refractivity contribution in [3.63, 3.8) is 0 Å². The Morgan fingerprint density at radius 1 is 0.947 bits per heavy atom. The van der Waals surface area contributed by atoms with Crippen LogP contribution in [0.5, 0.6) is 5.75 Å². The highest BCUT2D eigenvalue weighted by molar-refractivity contribution is 6.50. The SMILES string of the molecule is CCCCCCCCCCCC1=C(O)C2=C(C(=O)C1=O)C(c1ccc(OC)c(F)c1)C1=C(CCCC1=O)N2. The van der Waals surface area contributed by atoms with Crippen LogP contribution >= 0.6 is 0 Å². The van der Waals surface area contributed by atoms with Crippen LogP contribution in [0.3, 0.4) is 0 Å². The molecule has 6 nitrogen and oxygen atoms in total. The fourth-order valence-corrected chi connectivity index (χ4v) is 5.82. The summed E-state index contributed by atoms with van der Waals surface area (Å²) in [4.78, 5) is 39.7. The highest BCUT2D eigenvalue weighted by Crippen LogP contribution is 2.46. The van der Waals surface area contributed by atoms with Gasteiger partial charge in [0, 0.05) is 34.8 Å². The van der Waals surface area contributed by atoms with Crippen LogP contribution in [0, 0.1) is 5.82 Å². The average molecular weight is 524 g/mol. The second-order valence-corrected chi connectivity index (χ2v) is 10.5. The van der Waals surface area contributed by atoms with Crippen LogP contribution in [0.25, 0.3) is 0 Å². The molecule has 0 fully saturated rings. The molecule has 2 aliphatic carbocycles. The molecule has 1 aromatic rings. The zero-order valence-corrected chi connectivity index (χ0v) is 22.5. The van der Waals surface area contributed by atoms with Gasteiger partial charge in [0.15, 0.2) is 17.3 Å². The molecule has 1 aliphatic heterocycles. The number of allylic oxidation sites excluding steroid dienone is 4. The van der Waals surface area contributed by atoms with Gasteiger partial charge in [-0.05, 0) is 43.4 Å². The zero-order chi connectivity index (χ0) is 27.2. The summed E-state index contributed by atoms with van der Waals surface area (Å²) < 4.78 is 19.7. The molecule has 3 aliphatic rings. The molecule has 204 valence electrons. The molecule has 0 radical (unpaired) electrons. The molecule has 7 heteroatoms. The molecule has 1 atom stereocenters. The minimum Gasteiger partial charge on any atom is -0.505 e. The summed E-state index contributed by atoms with van der Waals surface area (Å²) in [5.74, 6) is -3.38. The van der Waals surface area contributed by atoms with Gasteiger partial charge in [-0.3, -0.25) is 14.4 Å². The third-order valence-corrected chi connectivity index (χ3v) is 7.87. The topological polar surface area (TPSA) is 92.7 Å². The summed E-state index contributed by atoms with van der Waals surface area (Å²) in [6, 6.07) is 4.29. The quantitative estimate of drug-likeness (QED) is 0.181. The predicted octanol–water partition coefficient (Wildman–Crippen LogP) is 6.67. The summed E-state index contributed by atoms with van der Waals surface area (Å²) >= 11 is 0. The second-order valence-electron chi connectivity index (χ2n) is 10.5. The Balaban J connectivity index is 1.59. The fraction of sp³-hybridized carbons (Fsp3) is 0.516. The number of aliphatic hydroxyl groups is 1. The van der Waals surface area contributed by atoms with Crippen molar-refractivity contribution in [1.82, 2.24) is 5.32 Å². The predicted molar refractivity (Wildman–Crippen MR) is 143 cm³/mol. The first-order chi connectivity index (χ1) is 18.4. The molecule has 0 saturated carbocycles. The molecule has 0 bridgehead atoms. The molecule has 0 aromatic heterocycles. The van der Waals surface area contributed by atoms with Gasteiger partial charge in [0.05, 0.1) is 12.8 Å². The maximum atomic E-state index is 14.7. The van der Waals surface area contributed by atoms with E-state index in [2.05, 4.69) is 12.2 Å². The molecular weight excluding hydrogens is 485 g/mol. The van der Waals surface area contributed by atoms with Crippen LogP contribution in [0.4, 0.5) is 4.39 Å². The van der Waals surface area contributed by atoms with E-state index in [0.29, 0.717) is 48.9 Å². The van der Waals surface area contributed by atoms with Crippen molar-refractivity contribution in [2.24, 2.45) is 0 Å². The van der Waals surface area contributed by atoms with Crippen molar-refractivity contribution in [2.45, 2.75) is 96.3 Å². The number of benzene rings is 1. The summed E-state index contributed by atoms with van der Waals surface area (Å²) in [6.45, 7) is 2.20. The van der Waals surface area contributed by atoms with Crippen LogP contribution < -0.4 is 10.1 Å². The number of methoxy groups -OCH3 is 1. The van der Waals surface area contributed by atoms with Gasteiger partial charge in [-0.2, -0.15) is 0 Å². The summed E-state index contributed by atoms with van der Waals surface area (Å²) in [5, 5.41) is 14.3. The van der Waals surface area contributed by atoms with Gasteiger partial charge < -0.3 is 15.2 Å². The van der Waals surface area contributed by atoms with Crippen molar-refractivity contribution < 1.29 is 28.6 Å². The van der Waals surface area contributed by atoms with E-state index in [0.717, 1.165) is 19.3 Å². The van der Waals surface area contributed by atoms with E-state index in [4.69, 9.17) is 4.74 Å². The van der Waals surface area contributed by atoms with Crippen molar-refractivity contribution in [3.05, 3.63) is 63.5 Å². The number of carbonyl (C=O) groups excluding carboxylic acids is 3. The number of hydrogen-bond donors (Lipinski definition) is 2. The summed E-state index contributed by atoms with van der Waals surface area (Å²) in [6.07, 6.45) is 11.9. The Bertz CT molecular complexity index is 1210. The van der Waals surface area contributed by atoms with Crippen molar-refractivity contribution in [2.75, 3.05) is 7.11 Å². The van der Waals surface area contributed by atoms with Gasteiger partial charge in [-0.25, -0.2) is 4.39 Å². The van der Waals surface area contributed by atoms with E-state index < -0.39 is 23.3 Å². The largest absolute Gasteiger partial charge is 0.505 e. The highest BCUT2D eigenvalue weighted by Gasteiger charge is 2.45. The van der Waals surface area contributed by atoms with Crippen LogP contribution in [0.2, 0.25) is 0 Å². The number of Topliss-reactive ketones (excluding diaryl/α,β-unsaturated/α-hetero) is 3. The lowest BCUT2D eigenvalue weighted by Gasteiger charge is -2.37. The van der Waals surface area contributed by atoms with Gasteiger partial charge in [0.25, 0.3) is 0 Å². The number of unbranched alkanes of at least 4 members (excludes halogenated alkanes) is 8. The zero-order valence-electron chi connectivity index (χ0n) is 22.5. The Labute approximate surface area is 224 Å². The molecule has 38 heavy (non-hydrogen) atoms. The summed E-state index contributed by atoms with van der Waals surface area (Å²) in [7, 11) is 1.36. The van der Waals surface area contributed by atoms with Crippen molar-refractivity contribution in [1.29, 1.82) is 0 Å². The van der Waals surface area contributed by atoms with Crippen LogP contribution in [-0.2, 0) is 14.4 Å². The maximum absolute atomic E-state index is 14.7. The number of hydrogen-bond acceptors (Lipinski definition) is 6. The highest BCUT2D eigenvalue weighted by atomic mass is 19.1. The van der Waals surface area contributed by atoms with Crippen LogP contribution in [0.15, 0.2) is 52.1 Å². The van der Waals surface area contributed by atoms with Gasteiger partial charge in [-0.15, -0.1) is 0 Å². The monoisotopic (exact) mass is 523 g/mol. The molecule has 0 spiro atoms. The Hall–Kier alpha value is -3.22. The Morgan fingerprint density at radius 3 is 2.29 bits per heavy atom. The average Bonchev–Trinajstić information content (AvgIpc) is 2.91. The number of aliphatic hydroxyl groups excluding tert-OH is 1. The number of carbonyl (C=O) groups is 3.